The maximum atomic E-state index is 11.1. The summed E-state index contributed by atoms with van der Waals surface area (Å²) in [6.45, 7) is 1.51. The van der Waals surface area contributed by atoms with Crippen molar-refractivity contribution < 1.29 is 19.7 Å². The topological polar surface area (TPSA) is 151 Å². The summed E-state index contributed by atoms with van der Waals surface area (Å²) in [6.07, 6.45) is 0. The Balaban J connectivity index is 2.37. The molecule has 0 fully saturated rings. The van der Waals surface area contributed by atoms with Crippen LogP contribution in [-0.4, -0.2) is 21.5 Å². The lowest BCUT2D eigenvalue weighted by atomic mass is 10.0. The summed E-state index contributed by atoms with van der Waals surface area (Å²) in [6, 6.07) is 9.04. The molecule has 2 aromatic rings. The molecule has 25 heavy (non-hydrogen) atoms. The van der Waals surface area contributed by atoms with Gasteiger partial charge in [0.05, 0.1) is 27.6 Å². The van der Waals surface area contributed by atoms with Gasteiger partial charge in [0.15, 0.2) is 0 Å². The van der Waals surface area contributed by atoms with Crippen LogP contribution in [0.1, 0.15) is 22.8 Å². The van der Waals surface area contributed by atoms with E-state index >= 15 is 0 Å². The van der Waals surface area contributed by atoms with Crippen molar-refractivity contribution in [2.24, 2.45) is 5.10 Å². The molecule has 0 radical (unpaired) electrons. The molecule has 10 nitrogen and oxygen atoms in total. The monoisotopic (exact) mass is 343 g/mol. The smallest absolute Gasteiger partial charge is 0.301 e. The van der Waals surface area contributed by atoms with Crippen molar-refractivity contribution >= 4 is 28.7 Å². The number of carbonyl (C=O) groups excluding carboxylic acids is 1. The van der Waals surface area contributed by atoms with E-state index in [2.05, 4.69) is 10.5 Å². The molecular weight excluding hydrogens is 332 g/mol. The first-order chi connectivity index (χ1) is 11.8. The highest BCUT2D eigenvalue weighted by molar-refractivity contribution is 6.07. The number of hydrazone groups is 1. The Morgan fingerprint density at radius 3 is 2.24 bits per heavy atom. The molecule has 0 aliphatic heterocycles. The number of nitrogens with one attached hydrogen (secondary N) is 1. The highest BCUT2D eigenvalue weighted by atomic mass is 16.6. The number of carboxylic acids is 1. The van der Waals surface area contributed by atoms with E-state index in [0.29, 0.717) is 0 Å². The van der Waals surface area contributed by atoms with Crippen LogP contribution in [0.4, 0.5) is 17.1 Å². The van der Waals surface area contributed by atoms with Crippen molar-refractivity contribution in [3.8, 4) is 0 Å². The predicted octanol–water partition coefficient (Wildman–Crippen LogP) is 1.70. The van der Waals surface area contributed by atoms with Crippen LogP contribution in [-0.2, 0) is 0 Å². The van der Waals surface area contributed by atoms with Gasteiger partial charge in [0.25, 0.3) is 5.69 Å². The lowest BCUT2D eigenvalue weighted by Crippen LogP contribution is -2.24. The average molecular weight is 343 g/mol. The Hall–Kier alpha value is -3.82. The molecule has 0 aliphatic carbocycles. The fraction of sp³-hybridized carbons (Fsp3) is 0.0667. The second-order valence-corrected chi connectivity index (χ2v) is 4.86. The average Bonchev–Trinajstić information content (AvgIpc) is 2.59. The van der Waals surface area contributed by atoms with E-state index in [4.69, 9.17) is 0 Å². The Bertz CT molecular complexity index is 893. The van der Waals surface area contributed by atoms with Gasteiger partial charge in [0.1, 0.15) is 5.69 Å². The number of carbonyl (C=O) groups is 1. The maximum absolute atomic E-state index is 11.1. The standard InChI is InChI=1S/C15H12N4O6/c1-9(11-4-2-3-5-12(11)15(20)21)16-17-13-7-6-10(18(22)23)8-14(13)19(24)25/h2-8,17H,1H3,(H,20,21)/p-1. The molecule has 0 aromatic heterocycles. The molecule has 0 unspecified atom stereocenters. The van der Waals surface area contributed by atoms with Crippen molar-refractivity contribution in [2.75, 3.05) is 5.43 Å². The molecule has 0 atom stereocenters. The van der Waals surface area contributed by atoms with E-state index < -0.39 is 27.2 Å². The highest BCUT2D eigenvalue weighted by Gasteiger charge is 2.19. The number of nitro benzene ring substituents is 2. The lowest BCUT2D eigenvalue weighted by molar-refractivity contribution is -0.393. The van der Waals surface area contributed by atoms with Crippen molar-refractivity contribution in [2.45, 2.75) is 6.92 Å². The quantitative estimate of drug-likeness (QED) is 0.476. The third-order valence-corrected chi connectivity index (χ3v) is 3.27. The zero-order valence-corrected chi connectivity index (χ0v) is 12.8. The molecule has 0 amide bonds. The minimum atomic E-state index is -1.38. The number of nitrogens with zero attached hydrogens (tertiary/aromatic N) is 3. The van der Waals surface area contributed by atoms with E-state index in [0.717, 1.165) is 18.2 Å². The fourth-order valence-corrected chi connectivity index (χ4v) is 2.06. The largest absolute Gasteiger partial charge is 0.545 e. The van der Waals surface area contributed by atoms with Crippen LogP contribution in [0.5, 0.6) is 0 Å². The van der Waals surface area contributed by atoms with Crippen LogP contribution < -0.4 is 10.5 Å². The highest BCUT2D eigenvalue weighted by Crippen LogP contribution is 2.29. The van der Waals surface area contributed by atoms with Crippen molar-refractivity contribution in [1.29, 1.82) is 0 Å². The zero-order valence-electron chi connectivity index (χ0n) is 12.8. The van der Waals surface area contributed by atoms with Crippen LogP contribution in [0.2, 0.25) is 0 Å². The van der Waals surface area contributed by atoms with E-state index in [-0.39, 0.29) is 22.5 Å². The molecule has 0 saturated carbocycles. The normalized spacial score (nSPS) is 11.0. The van der Waals surface area contributed by atoms with Crippen LogP contribution in [0.15, 0.2) is 47.6 Å². The van der Waals surface area contributed by atoms with Gasteiger partial charge in [-0.3, -0.25) is 25.7 Å². The molecule has 1 N–H and O–H groups in total. The SMILES string of the molecule is CC(=NNc1ccc([N+](=O)[O-])cc1[N+](=O)[O-])c1ccccc1C(=O)[O-]. The van der Waals surface area contributed by atoms with Gasteiger partial charge in [-0.05, 0) is 13.0 Å². The first-order valence-corrected chi connectivity index (χ1v) is 6.85. The second kappa shape index (κ2) is 7.17. The number of rotatable bonds is 6. The summed E-state index contributed by atoms with van der Waals surface area (Å²) in [4.78, 5) is 31.4. The summed E-state index contributed by atoms with van der Waals surface area (Å²) in [5, 5.41) is 36.8. The predicted molar refractivity (Wildman–Crippen MR) is 86.4 cm³/mol. The van der Waals surface area contributed by atoms with Gasteiger partial charge in [-0.2, -0.15) is 5.10 Å². The van der Waals surface area contributed by atoms with Gasteiger partial charge in [0.2, 0.25) is 0 Å². The number of anilines is 1. The van der Waals surface area contributed by atoms with Crippen LogP contribution >= 0.6 is 0 Å². The van der Waals surface area contributed by atoms with E-state index in [1.54, 1.807) is 6.07 Å². The third-order valence-electron chi connectivity index (χ3n) is 3.27. The van der Waals surface area contributed by atoms with Gasteiger partial charge in [-0.1, -0.05) is 24.3 Å². The number of carboxylic acid groups (broad SMARTS) is 1. The molecule has 10 heteroatoms. The van der Waals surface area contributed by atoms with E-state index in [9.17, 15) is 30.1 Å². The Kier molecular flexibility index (Phi) is 5.03. The van der Waals surface area contributed by atoms with Gasteiger partial charge in [0, 0.05) is 17.2 Å². The third kappa shape index (κ3) is 3.93. The van der Waals surface area contributed by atoms with Crippen LogP contribution in [0.25, 0.3) is 0 Å². The number of benzene rings is 2. The lowest BCUT2D eigenvalue weighted by Gasteiger charge is -2.10. The molecule has 0 spiro atoms. The molecular formula is C15H11N4O6-. The molecule has 2 rings (SSSR count). The summed E-state index contributed by atoms with van der Waals surface area (Å²) in [7, 11) is 0. The maximum Gasteiger partial charge on any atom is 0.301 e. The Morgan fingerprint density at radius 2 is 1.68 bits per heavy atom. The molecule has 0 aliphatic rings. The van der Waals surface area contributed by atoms with E-state index in [1.165, 1.54) is 25.1 Å². The number of hydrogen-bond acceptors (Lipinski definition) is 8. The number of aromatic carboxylic acids is 1. The van der Waals surface area contributed by atoms with Gasteiger partial charge in [-0.25, -0.2) is 0 Å². The minimum Gasteiger partial charge on any atom is -0.545 e. The van der Waals surface area contributed by atoms with E-state index in [1.807, 2.05) is 0 Å². The van der Waals surface area contributed by atoms with Gasteiger partial charge < -0.3 is 9.90 Å². The molecule has 0 heterocycles. The summed E-state index contributed by atoms with van der Waals surface area (Å²) in [5.41, 5.74) is 1.85. The summed E-state index contributed by atoms with van der Waals surface area (Å²) in [5.74, 6) is -1.38. The van der Waals surface area contributed by atoms with Crippen molar-refractivity contribution in [3.05, 3.63) is 73.8 Å². The molecule has 0 bridgehead atoms. The number of hydrogen-bond donors (Lipinski definition) is 1. The van der Waals surface area contributed by atoms with Gasteiger partial charge >= 0.3 is 5.69 Å². The fourth-order valence-electron chi connectivity index (χ4n) is 2.06. The van der Waals surface area contributed by atoms with Gasteiger partial charge in [-0.15, -0.1) is 0 Å². The minimum absolute atomic E-state index is 0.0686. The van der Waals surface area contributed by atoms with Crippen LogP contribution in [0, 0.1) is 20.2 Å². The molecule has 128 valence electrons. The first kappa shape index (κ1) is 17.5. The zero-order chi connectivity index (χ0) is 18.6. The molecule has 2 aromatic carbocycles. The first-order valence-electron chi connectivity index (χ1n) is 6.85. The number of non-ortho nitro benzene ring substituents is 1. The Morgan fingerprint density at radius 1 is 1.04 bits per heavy atom. The van der Waals surface area contributed by atoms with Crippen molar-refractivity contribution in [1.82, 2.24) is 0 Å². The summed E-state index contributed by atoms with van der Waals surface area (Å²) >= 11 is 0. The Labute approximate surface area is 140 Å². The summed E-state index contributed by atoms with van der Waals surface area (Å²) < 4.78 is 0. The molecule has 0 saturated heterocycles. The number of nitro groups is 2. The van der Waals surface area contributed by atoms with Crippen molar-refractivity contribution in [3.63, 3.8) is 0 Å². The second-order valence-electron chi connectivity index (χ2n) is 4.86. The van der Waals surface area contributed by atoms with Crippen LogP contribution in [0.3, 0.4) is 0 Å².